The number of hydrogen-bond acceptors (Lipinski definition) is 7. The van der Waals surface area contributed by atoms with E-state index in [-0.39, 0.29) is 31.1 Å². The molecule has 2 unspecified atom stereocenters. The number of rotatable bonds is 6. The van der Waals surface area contributed by atoms with Crippen molar-refractivity contribution in [1.82, 2.24) is 9.96 Å². The van der Waals surface area contributed by atoms with Gasteiger partial charge in [0.1, 0.15) is 12.5 Å². The summed E-state index contributed by atoms with van der Waals surface area (Å²) in [4.78, 5) is 40.4. The van der Waals surface area contributed by atoms with Gasteiger partial charge in [0.05, 0.1) is 0 Å². The lowest BCUT2D eigenvalue weighted by Crippen LogP contribution is -2.37. The third kappa shape index (κ3) is 3.99. The van der Waals surface area contributed by atoms with Crippen LogP contribution in [0.25, 0.3) is 0 Å². The molecule has 0 aliphatic carbocycles. The molecule has 0 bridgehead atoms. The van der Waals surface area contributed by atoms with Crippen molar-refractivity contribution < 1.29 is 29.4 Å². The van der Waals surface area contributed by atoms with Crippen molar-refractivity contribution in [3.05, 3.63) is 0 Å². The van der Waals surface area contributed by atoms with E-state index in [0.29, 0.717) is 32.2 Å². The summed E-state index contributed by atoms with van der Waals surface area (Å²) in [5.41, 5.74) is 0. The number of amides is 2. The average Bonchev–Trinajstić information content (AvgIpc) is 2.92. The van der Waals surface area contributed by atoms with Crippen molar-refractivity contribution in [1.29, 1.82) is 0 Å². The molecule has 2 N–H and O–H groups in total. The molecular formula is C13H20N2O6. The maximum atomic E-state index is 11.6. The summed E-state index contributed by atoms with van der Waals surface area (Å²) in [6, 6.07) is 0. The molecule has 8 nitrogen and oxygen atoms in total. The molecule has 2 amide bonds. The van der Waals surface area contributed by atoms with Gasteiger partial charge in [-0.25, -0.2) is 0 Å². The molecule has 0 aromatic rings. The largest absolute Gasteiger partial charge is 0.375 e. The van der Waals surface area contributed by atoms with Gasteiger partial charge in [-0.2, -0.15) is 0 Å². The van der Waals surface area contributed by atoms with Gasteiger partial charge in [0.15, 0.2) is 0 Å². The first kappa shape index (κ1) is 15.9. The number of likely N-dealkylation sites (tertiary alicyclic amines) is 1. The fraction of sp³-hybridized carbons (Fsp3) is 0.769. The molecular weight excluding hydrogens is 280 g/mol. The van der Waals surface area contributed by atoms with Crippen LogP contribution in [0.1, 0.15) is 44.9 Å². The number of carbonyl (C=O) groups is 3. The molecule has 2 aliphatic heterocycles. The Bertz CT molecular complexity index is 401. The van der Waals surface area contributed by atoms with Crippen LogP contribution in [0.15, 0.2) is 0 Å². The van der Waals surface area contributed by atoms with Crippen LogP contribution >= 0.6 is 0 Å². The Morgan fingerprint density at radius 2 is 1.67 bits per heavy atom. The van der Waals surface area contributed by atoms with E-state index in [1.807, 2.05) is 0 Å². The second kappa shape index (κ2) is 6.97. The van der Waals surface area contributed by atoms with E-state index < -0.39 is 18.4 Å². The van der Waals surface area contributed by atoms with Gasteiger partial charge in [-0.3, -0.25) is 19.3 Å². The summed E-state index contributed by atoms with van der Waals surface area (Å²) < 4.78 is 0. The number of hydroxylamine groups is 2. The normalized spacial score (nSPS) is 26.7. The van der Waals surface area contributed by atoms with Crippen molar-refractivity contribution in [3.63, 3.8) is 0 Å². The first-order chi connectivity index (χ1) is 9.99. The van der Waals surface area contributed by atoms with E-state index in [4.69, 9.17) is 4.84 Å². The van der Waals surface area contributed by atoms with Crippen molar-refractivity contribution in [2.45, 2.75) is 57.4 Å². The summed E-state index contributed by atoms with van der Waals surface area (Å²) >= 11 is 0. The Morgan fingerprint density at radius 1 is 1.10 bits per heavy atom. The van der Waals surface area contributed by atoms with Crippen molar-refractivity contribution in [3.8, 4) is 0 Å². The monoisotopic (exact) mass is 300 g/mol. The van der Waals surface area contributed by atoms with Gasteiger partial charge >= 0.3 is 5.97 Å². The third-order valence-corrected chi connectivity index (χ3v) is 3.65. The van der Waals surface area contributed by atoms with Crippen LogP contribution in [-0.4, -0.2) is 57.0 Å². The number of nitrogens with zero attached hydrogens (tertiary/aromatic N) is 2. The van der Waals surface area contributed by atoms with Crippen LogP contribution in [0.2, 0.25) is 0 Å². The first-order valence-corrected chi connectivity index (χ1v) is 7.17. The van der Waals surface area contributed by atoms with Crippen LogP contribution in [0.4, 0.5) is 0 Å². The number of aliphatic hydroxyl groups is 2. The highest BCUT2D eigenvalue weighted by Crippen LogP contribution is 2.21. The van der Waals surface area contributed by atoms with Gasteiger partial charge in [0, 0.05) is 25.8 Å². The Labute approximate surface area is 122 Å². The highest BCUT2D eigenvalue weighted by Gasteiger charge is 2.34. The quantitative estimate of drug-likeness (QED) is 0.503. The predicted molar refractivity (Wildman–Crippen MR) is 69.0 cm³/mol. The van der Waals surface area contributed by atoms with Gasteiger partial charge in [-0.05, 0) is 25.7 Å². The smallest absolute Gasteiger partial charge is 0.325 e. The second-order valence-corrected chi connectivity index (χ2v) is 5.26. The SMILES string of the molecule is O=C(CCCCN1C(=O)CCC1=O)ON1C(O)CCC1O. The van der Waals surface area contributed by atoms with Gasteiger partial charge in [-0.1, -0.05) is 5.06 Å². The second-order valence-electron chi connectivity index (χ2n) is 5.26. The first-order valence-electron chi connectivity index (χ1n) is 7.17. The van der Waals surface area contributed by atoms with E-state index in [9.17, 15) is 24.6 Å². The minimum absolute atomic E-state index is 0.103. The van der Waals surface area contributed by atoms with Crippen LogP contribution in [-0.2, 0) is 19.2 Å². The molecule has 118 valence electrons. The van der Waals surface area contributed by atoms with Crippen molar-refractivity contribution in [2.75, 3.05) is 6.54 Å². The molecule has 2 heterocycles. The van der Waals surface area contributed by atoms with Crippen LogP contribution in [0.5, 0.6) is 0 Å². The van der Waals surface area contributed by atoms with E-state index >= 15 is 0 Å². The standard InChI is InChI=1S/C13H20N2O6/c16-9-4-5-10(17)14(9)8-2-1-3-13(20)21-15-11(18)6-7-12(15)19/h11-12,18-19H,1-8H2. The lowest BCUT2D eigenvalue weighted by molar-refractivity contribution is -0.261. The molecule has 2 atom stereocenters. The molecule has 21 heavy (non-hydrogen) atoms. The highest BCUT2D eigenvalue weighted by molar-refractivity contribution is 6.01. The summed E-state index contributed by atoms with van der Waals surface area (Å²) in [5.74, 6) is -0.870. The zero-order valence-electron chi connectivity index (χ0n) is 11.7. The highest BCUT2D eigenvalue weighted by atomic mass is 16.7. The Kier molecular flexibility index (Phi) is 5.27. The number of imide groups is 1. The summed E-state index contributed by atoms with van der Waals surface area (Å²) in [6.07, 6.45) is 0.408. The van der Waals surface area contributed by atoms with Crippen molar-refractivity contribution >= 4 is 17.8 Å². The molecule has 0 spiro atoms. The zero-order valence-corrected chi connectivity index (χ0v) is 11.7. The Hall–Kier alpha value is -1.51. The number of aliphatic hydroxyl groups excluding tert-OH is 2. The van der Waals surface area contributed by atoms with E-state index in [1.165, 1.54) is 4.90 Å². The molecule has 0 radical (unpaired) electrons. The lowest BCUT2D eigenvalue weighted by atomic mass is 10.2. The van der Waals surface area contributed by atoms with Gasteiger partial charge in [0.2, 0.25) is 11.8 Å². The lowest BCUT2D eigenvalue weighted by Gasteiger charge is -2.22. The summed E-state index contributed by atoms with van der Waals surface area (Å²) in [6.45, 7) is 0.319. The average molecular weight is 300 g/mol. The minimum Gasteiger partial charge on any atom is -0.375 e. The summed E-state index contributed by atoms with van der Waals surface area (Å²) in [5, 5.41) is 19.9. The van der Waals surface area contributed by atoms with Crippen LogP contribution in [0.3, 0.4) is 0 Å². The molecule has 0 aromatic heterocycles. The topological polar surface area (TPSA) is 107 Å². The Balaban J connectivity index is 1.63. The van der Waals surface area contributed by atoms with Crippen molar-refractivity contribution in [2.24, 2.45) is 0 Å². The number of unbranched alkanes of at least 4 members (excludes halogenated alkanes) is 1. The molecule has 0 aromatic carbocycles. The number of hydrogen-bond donors (Lipinski definition) is 2. The fourth-order valence-corrected chi connectivity index (χ4v) is 2.45. The molecule has 0 saturated carbocycles. The molecule has 2 fully saturated rings. The Morgan fingerprint density at radius 3 is 2.24 bits per heavy atom. The fourth-order valence-electron chi connectivity index (χ4n) is 2.45. The summed E-state index contributed by atoms with van der Waals surface area (Å²) in [7, 11) is 0. The molecule has 2 saturated heterocycles. The van der Waals surface area contributed by atoms with Gasteiger partial charge in [-0.15, -0.1) is 0 Å². The predicted octanol–water partition coefficient (Wildman–Crippen LogP) is -0.504. The maximum absolute atomic E-state index is 11.6. The van der Waals surface area contributed by atoms with Crippen LogP contribution < -0.4 is 0 Å². The van der Waals surface area contributed by atoms with Gasteiger partial charge < -0.3 is 15.1 Å². The van der Waals surface area contributed by atoms with Crippen LogP contribution in [0, 0.1) is 0 Å². The number of carbonyl (C=O) groups excluding carboxylic acids is 3. The molecule has 2 aliphatic rings. The maximum Gasteiger partial charge on any atom is 0.325 e. The van der Waals surface area contributed by atoms with Gasteiger partial charge in [0.25, 0.3) is 0 Å². The molecule has 2 rings (SSSR count). The van der Waals surface area contributed by atoms with E-state index in [2.05, 4.69) is 0 Å². The molecule has 8 heteroatoms. The zero-order chi connectivity index (χ0) is 15.4. The van der Waals surface area contributed by atoms with E-state index in [1.54, 1.807) is 0 Å². The third-order valence-electron chi connectivity index (χ3n) is 3.65. The minimum atomic E-state index is -0.969. The van der Waals surface area contributed by atoms with E-state index in [0.717, 1.165) is 5.06 Å².